The Morgan fingerprint density at radius 1 is 0.500 bits per heavy atom. The average molecular weight is 434 g/mol. The number of carbonyl (C=O) groups excluding carboxylic acids is 2. The van der Waals surface area contributed by atoms with Crippen LogP contribution in [0.25, 0.3) is 21.5 Å². The zero-order chi connectivity index (χ0) is 22.8. The molecule has 0 atom stereocenters. The summed E-state index contributed by atoms with van der Waals surface area (Å²) in [6.45, 7) is 9.40. The van der Waals surface area contributed by atoms with Crippen molar-refractivity contribution in [3.63, 3.8) is 0 Å². The largest absolute Gasteiger partial charge is 0.490 e. The van der Waals surface area contributed by atoms with E-state index in [4.69, 9.17) is 18.9 Å². The van der Waals surface area contributed by atoms with Crippen LogP contribution in [0.15, 0.2) is 36.4 Å². The molecule has 0 unspecified atom stereocenters. The quantitative estimate of drug-likeness (QED) is 0.435. The Morgan fingerprint density at radius 2 is 0.781 bits per heavy atom. The number of ketones is 2. The molecule has 1 aliphatic rings. The first-order valence-corrected chi connectivity index (χ1v) is 10.9. The van der Waals surface area contributed by atoms with Crippen LogP contribution in [0.1, 0.15) is 48.4 Å². The van der Waals surface area contributed by atoms with Gasteiger partial charge in [-0.05, 0) is 85.7 Å². The summed E-state index contributed by atoms with van der Waals surface area (Å²) in [5.74, 6) is 1.80. The Morgan fingerprint density at radius 3 is 1.06 bits per heavy atom. The smallest absolute Gasteiger partial charge is 0.187 e. The molecule has 0 radical (unpaired) electrons. The fourth-order valence-corrected chi connectivity index (χ4v) is 4.15. The highest BCUT2D eigenvalue weighted by molar-refractivity contribution is 6.34. The molecule has 0 aliphatic heterocycles. The van der Waals surface area contributed by atoms with Gasteiger partial charge < -0.3 is 18.9 Å². The topological polar surface area (TPSA) is 71.1 Å². The summed E-state index contributed by atoms with van der Waals surface area (Å²) < 4.78 is 23.2. The highest BCUT2D eigenvalue weighted by Gasteiger charge is 2.28. The van der Waals surface area contributed by atoms with E-state index in [2.05, 4.69) is 0 Å². The van der Waals surface area contributed by atoms with Gasteiger partial charge in [0.15, 0.2) is 34.6 Å². The van der Waals surface area contributed by atoms with E-state index in [9.17, 15) is 9.59 Å². The first-order valence-electron chi connectivity index (χ1n) is 10.9. The minimum atomic E-state index is -0.218. The summed E-state index contributed by atoms with van der Waals surface area (Å²) in [7, 11) is 0. The fraction of sp³-hybridized carbons (Fsp3) is 0.308. The first kappa shape index (κ1) is 21.7. The second kappa shape index (κ2) is 8.91. The molecule has 3 aromatic rings. The molecule has 6 nitrogen and oxygen atoms in total. The molecule has 0 amide bonds. The third kappa shape index (κ3) is 3.55. The second-order valence-electron chi connectivity index (χ2n) is 7.23. The van der Waals surface area contributed by atoms with Crippen molar-refractivity contribution in [3.05, 3.63) is 47.5 Å². The molecule has 4 rings (SSSR count). The molecule has 166 valence electrons. The number of rotatable bonds is 8. The molecule has 1 aliphatic carbocycles. The van der Waals surface area contributed by atoms with Gasteiger partial charge in [0.1, 0.15) is 0 Å². The highest BCUT2D eigenvalue weighted by Crippen LogP contribution is 2.44. The number of ether oxygens (including phenoxy) is 4. The van der Waals surface area contributed by atoms with Crippen LogP contribution >= 0.6 is 0 Å². The molecule has 0 spiro atoms. The lowest BCUT2D eigenvalue weighted by atomic mass is 9.84. The third-order valence-corrected chi connectivity index (χ3v) is 5.32. The lowest BCUT2D eigenvalue weighted by Crippen LogP contribution is -2.13. The van der Waals surface area contributed by atoms with Gasteiger partial charge in [-0.3, -0.25) is 9.59 Å². The van der Waals surface area contributed by atoms with Crippen LogP contribution in [0, 0.1) is 0 Å². The Labute approximate surface area is 186 Å². The van der Waals surface area contributed by atoms with Crippen molar-refractivity contribution in [1.29, 1.82) is 0 Å². The van der Waals surface area contributed by atoms with Crippen LogP contribution in [-0.2, 0) is 0 Å². The van der Waals surface area contributed by atoms with Crippen LogP contribution in [0.5, 0.6) is 23.0 Å². The molecule has 0 aromatic heterocycles. The molecule has 0 N–H and O–H groups in total. The number of carbonyl (C=O) groups is 2. The molecule has 0 fully saturated rings. The monoisotopic (exact) mass is 434 g/mol. The lowest BCUT2D eigenvalue weighted by Gasteiger charge is -2.21. The molecule has 0 saturated carbocycles. The zero-order valence-corrected chi connectivity index (χ0v) is 18.7. The van der Waals surface area contributed by atoms with Crippen LogP contribution in [0.3, 0.4) is 0 Å². The first-order chi connectivity index (χ1) is 15.5. The molecule has 6 heteroatoms. The van der Waals surface area contributed by atoms with Crippen molar-refractivity contribution in [3.8, 4) is 23.0 Å². The number of benzene rings is 3. The van der Waals surface area contributed by atoms with Crippen molar-refractivity contribution >= 4 is 33.1 Å². The Kier molecular flexibility index (Phi) is 6.04. The van der Waals surface area contributed by atoms with Gasteiger partial charge in [0.2, 0.25) is 0 Å². The molecular formula is C26H26O6. The SMILES string of the molecule is CCOc1cc2c3c(c4cc(OCC)c(OCC)cc4c2cc1OCC)C(=O)C=CC3=O. The predicted molar refractivity (Wildman–Crippen MR) is 124 cm³/mol. The summed E-state index contributed by atoms with van der Waals surface area (Å²) in [4.78, 5) is 26.0. The summed E-state index contributed by atoms with van der Waals surface area (Å²) in [5, 5.41) is 2.86. The average Bonchev–Trinajstić information content (AvgIpc) is 2.77. The van der Waals surface area contributed by atoms with E-state index in [0.29, 0.717) is 71.3 Å². The van der Waals surface area contributed by atoms with Gasteiger partial charge >= 0.3 is 0 Å². The minimum Gasteiger partial charge on any atom is -0.490 e. The van der Waals surface area contributed by atoms with E-state index >= 15 is 0 Å². The molecule has 3 aromatic carbocycles. The van der Waals surface area contributed by atoms with Crippen molar-refractivity contribution < 1.29 is 28.5 Å². The Balaban J connectivity index is 2.19. The zero-order valence-electron chi connectivity index (χ0n) is 18.7. The van der Waals surface area contributed by atoms with Gasteiger partial charge in [-0.1, -0.05) is 0 Å². The van der Waals surface area contributed by atoms with Gasteiger partial charge in [0, 0.05) is 11.1 Å². The molecule has 0 bridgehead atoms. The summed E-state index contributed by atoms with van der Waals surface area (Å²) in [6, 6.07) is 7.34. The van der Waals surface area contributed by atoms with Crippen molar-refractivity contribution in [2.45, 2.75) is 27.7 Å². The van der Waals surface area contributed by atoms with Crippen LogP contribution < -0.4 is 18.9 Å². The Hall–Kier alpha value is -3.54. The van der Waals surface area contributed by atoms with Crippen LogP contribution in [0.4, 0.5) is 0 Å². The third-order valence-electron chi connectivity index (χ3n) is 5.32. The maximum absolute atomic E-state index is 13.0. The molecule has 32 heavy (non-hydrogen) atoms. The normalized spacial score (nSPS) is 12.9. The molecular weight excluding hydrogens is 408 g/mol. The van der Waals surface area contributed by atoms with Gasteiger partial charge in [-0.15, -0.1) is 0 Å². The Bertz CT molecular complexity index is 1160. The van der Waals surface area contributed by atoms with Crippen molar-refractivity contribution in [2.24, 2.45) is 0 Å². The summed E-state index contributed by atoms with van der Waals surface area (Å²) in [6.07, 6.45) is 2.65. The van der Waals surface area contributed by atoms with Gasteiger partial charge in [0.25, 0.3) is 0 Å². The lowest BCUT2D eigenvalue weighted by molar-refractivity contribution is 0.0996. The summed E-state index contributed by atoms with van der Waals surface area (Å²) >= 11 is 0. The van der Waals surface area contributed by atoms with E-state index in [-0.39, 0.29) is 11.6 Å². The second-order valence-corrected chi connectivity index (χ2v) is 7.23. The predicted octanol–water partition coefficient (Wildman–Crippen LogP) is 5.52. The van der Waals surface area contributed by atoms with Gasteiger partial charge in [-0.25, -0.2) is 0 Å². The standard InChI is InChI=1S/C26H26O6/c1-5-29-21-11-15-16-12-22(30-6-2)24(32-8-4)14-18(16)26-20(28)10-9-19(27)25(26)17(15)13-23(21)31-7-3/h9-14H,5-8H2,1-4H3. The highest BCUT2D eigenvalue weighted by atomic mass is 16.5. The van der Waals surface area contributed by atoms with E-state index in [0.717, 1.165) is 10.8 Å². The van der Waals surface area contributed by atoms with E-state index in [1.165, 1.54) is 12.2 Å². The minimum absolute atomic E-state index is 0.218. The number of hydrogen-bond acceptors (Lipinski definition) is 6. The number of hydrogen-bond donors (Lipinski definition) is 0. The van der Waals surface area contributed by atoms with Gasteiger partial charge in [0.05, 0.1) is 26.4 Å². The van der Waals surface area contributed by atoms with E-state index < -0.39 is 0 Å². The molecule has 0 heterocycles. The number of allylic oxidation sites excluding steroid dienone is 2. The van der Waals surface area contributed by atoms with Crippen molar-refractivity contribution in [2.75, 3.05) is 26.4 Å². The fourth-order valence-electron chi connectivity index (χ4n) is 4.15. The maximum Gasteiger partial charge on any atom is 0.187 e. The van der Waals surface area contributed by atoms with Crippen LogP contribution in [0.2, 0.25) is 0 Å². The number of fused-ring (bicyclic) bond motifs is 6. The maximum atomic E-state index is 13.0. The van der Waals surface area contributed by atoms with E-state index in [1.54, 1.807) is 12.1 Å². The summed E-state index contributed by atoms with van der Waals surface area (Å²) in [5.41, 5.74) is 0.742. The van der Waals surface area contributed by atoms with Gasteiger partial charge in [-0.2, -0.15) is 0 Å². The van der Waals surface area contributed by atoms with Crippen LogP contribution in [-0.4, -0.2) is 38.0 Å². The van der Waals surface area contributed by atoms with E-state index in [1.807, 2.05) is 39.8 Å². The molecule has 0 saturated heterocycles. The van der Waals surface area contributed by atoms with Crippen molar-refractivity contribution in [1.82, 2.24) is 0 Å².